The van der Waals surface area contributed by atoms with Crippen molar-refractivity contribution in [2.75, 3.05) is 12.4 Å². The Hall–Kier alpha value is -1.89. The number of methoxy groups -OCH3 is 1. The molecule has 1 aromatic heterocycles. The zero-order valence-corrected chi connectivity index (χ0v) is 8.27. The van der Waals surface area contributed by atoms with Gasteiger partial charge in [0.25, 0.3) is 5.91 Å². The van der Waals surface area contributed by atoms with Gasteiger partial charge >= 0.3 is 5.97 Å². The average molecular weight is 213 g/mol. The molecule has 0 saturated carbocycles. The van der Waals surface area contributed by atoms with E-state index in [9.17, 15) is 9.59 Å². The number of H-pyrrole nitrogens is 1. The van der Waals surface area contributed by atoms with Crippen LogP contribution in [0.2, 0.25) is 0 Å². The highest BCUT2D eigenvalue weighted by Gasteiger charge is 2.17. The number of aromatic nitrogens is 2. The monoisotopic (exact) mass is 213 g/mol. The fourth-order valence-corrected chi connectivity index (χ4v) is 0.885. The molecule has 0 aliphatic carbocycles. The van der Waals surface area contributed by atoms with E-state index in [4.69, 9.17) is 9.84 Å². The summed E-state index contributed by atoms with van der Waals surface area (Å²) in [5.41, 5.74) is -0.0388. The van der Waals surface area contributed by atoms with E-state index in [1.165, 1.54) is 13.3 Å². The summed E-state index contributed by atoms with van der Waals surface area (Å²) in [7, 11) is 1.39. The molecule has 1 atom stereocenters. The van der Waals surface area contributed by atoms with Crippen molar-refractivity contribution in [2.24, 2.45) is 0 Å². The molecule has 1 aromatic rings. The average Bonchev–Trinajstić information content (AvgIpc) is 2.64. The minimum absolute atomic E-state index is 0.122. The lowest BCUT2D eigenvalue weighted by Gasteiger charge is -2.08. The van der Waals surface area contributed by atoms with Crippen LogP contribution in [0.25, 0.3) is 0 Å². The van der Waals surface area contributed by atoms with Crippen molar-refractivity contribution < 1.29 is 19.4 Å². The lowest BCUT2D eigenvalue weighted by molar-refractivity contribution is -0.124. The zero-order chi connectivity index (χ0) is 11.4. The van der Waals surface area contributed by atoms with Crippen molar-refractivity contribution in [3.05, 3.63) is 11.9 Å². The minimum atomic E-state index is -1.19. The number of aromatic amines is 1. The predicted octanol–water partition coefficient (Wildman–Crippen LogP) is 0.0813. The molecule has 0 aliphatic rings. The molecule has 15 heavy (non-hydrogen) atoms. The molecule has 3 N–H and O–H groups in total. The summed E-state index contributed by atoms with van der Waals surface area (Å²) in [5, 5.41) is 16.9. The number of aromatic carboxylic acids is 1. The van der Waals surface area contributed by atoms with Gasteiger partial charge in [0.2, 0.25) is 0 Å². The molecular weight excluding hydrogens is 202 g/mol. The van der Waals surface area contributed by atoms with Gasteiger partial charge in [0.05, 0.1) is 11.9 Å². The third-order valence-corrected chi connectivity index (χ3v) is 1.83. The summed E-state index contributed by atoms with van der Waals surface area (Å²) in [6.45, 7) is 1.55. The van der Waals surface area contributed by atoms with Gasteiger partial charge in [-0.1, -0.05) is 0 Å². The van der Waals surface area contributed by atoms with Gasteiger partial charge in [-0.15, -0.1) is 0 Å². The molecule has 0 aromatic carbocycles. The Morgan fingerprint density at radius 3 is 2.87 bits per heavy atom. The van der Waals surface area contributed by atoms with E-state index in [-0.39, 0.29) is 11.4 Å². The number of ether oxygens (including phenoxy) is 1. The molecular formula is C8H11N3O4. The second-order valence-corrected chi connectivity index (χ2v) is 2.83. The number of nitrogens with one attached hydrogen (secondary N) is 2. The van der Waals surface area contributed by atoms with Gasteiger partial charge in [-0.2, -0.15) is 5.10 Å². The van der Waals surface area contributed by atoms with Crippen LogP contribution in [0.4, 0.5) is 5.69 Å². The molecule has 7 nitrogen and oxygen atoms in total. The standard InChI is InChI=1S/C8H11N3O4/c1-4(15-2)7(12)10-5-3-9-11-6(5)8(13)14/h3-4H,1-2H3,(H,9,11)(H,10,12)(H,13,14)/t4-/m0/s1. The number of nitrogens with zero attached hydrogens (tertiary/aromatic N) is 1. The Bertz CT molecular complexity index is 374. The molecule has 82 valence electrons. The lowest BCUT2D eigenvalue weighted by Crippen LogP contribution is -2.27. The quantitative estimate of drug-likeness (QED) is 0.657. The van der Waals surface area contributed by atoms with Crippen LogP contribution in [0.15, 0.2) is 6.20 Å². The Balaban J connectivity index is 2.76. The molecule has 7 heteroatoms. The molecule has 0 fully saturated rings. The van der Waals surface area contributed by atoms with Crippen LogP contribution < -0.4 is 5.32 Å². The van der Waals surface area contributed by atoms with Gasteiger partial charge < -0.3 is 15.2 Å². The minimum Gasteiger partial charge on any atom is -0.476 e. The fraction of sp³-hybridized carbons (Fsp3) is 0.375. The number of rotatable bonds is 4. The SMILES string of the molecule is CO[C@@H](C)C(=O)Nc1cn[nH]c1C(=O)O. The number of carbonyl (C=O) groups excluding carboxylic acids is 1. The third kappa shape index (κ3) is 2.53. The van der Waals surface area contributed by atoms with Crippen LogP contribution in [-0.4, -0.2) is 40.4 Å². The molecule has 0 unspecified atom stereocenters. The van der Waals surface area contributed by atoms with E-state index in [1.807, 2.05) is 0 Å². The van der Waals surface area contributed by atoms with Gasteiger partial charge in [0, 0.05) is 7.11 Å². The maximum absolute atomic E-state index is 11.3. The number of hydrogen-bond donors (Lipinski definition) is 3. The van der Waals surface area contributed by atoms with Gasteiger partial charge in [-0.3, -0.25) is 9.89 Å². The van der Waals surface area contributed by atoms with Crippen LogP contribution in [0.5, 0.6) is 0 Å². The number of amides is 1. The summed E-state index contributed by atoms with van der Waals surface area (Å²) in [5.74, 6) is -1.62. The Morgan fingerprint density at radius 2 is 2.33 bits per heavy atom. The van der Waals surface area contributed by atoms with E-state index in [0.29, 0.717) is 0 Å². The van der Waals surface area contributed by atoms with Crippen LogP contribution >= 0.6 is 0 Å². The maximum Gasteiger partial charge on any atom is 0.356 e. The van der Waals surface area contributed by atoms with Gasteiger partial charge in [0.1, 0.15) is 6.10 Å². The number of anilines is 1. The highest BCUT2D eigenvalue weighted by molar-refractivity contribution is 6.00. The summed E-state index contributed by atoms with van der Waals surface area (Å²) >= 11 is 0. The van der Waals surface area contributed by atoms with Gasteiger partial charge in [-0.25, -0.2) is 4.79 Å². The predicted molar refractivity (Wildman–Crippen MR) is 50.6 cm³/mol. The van der Waals surface area contributed by atoms with E-state index >= 15 is 0 Å². The second-order valence-electron chi connectivity index (χ2n) is 2.83. The fourth-order valence-electron chi connectivity index (χ4n) is 0.885. The summed E-state index contributed by atoms with van der Waals surface area (Å²) in [6.07, 6.45) is 0.575. The van der Waals surface area contributed by atoms with Crippen molar-refractivity contribution in [1.29, 1.82) is 0 Å². The van der Waals surface area contributed by atoms with Crippen molar-refractivity contribution in [3.8, 4) is 0 Å². The van der Waals surface area contributed by atoms with Crippen LogP contribution in [0, 0.1) is 0 Å². The summed E-state index contributed by atoms with van der Waals surface area (Å²) < 4.78 is 4.77. The van der Waals surface area contributed by atoms with Crippen LogP contribution in [0.1, 0.15) is 17.4 Å². The zero-order valence-electron chi connectivity index (χ0n) is 8.27. The van der Waals surface area contributed by atoms with Crippen molar-refractivity contribution >= 4 is 17.6 Å². The van der Waals surface area contributed by atoms with Crippen LogP contribution in [0.3, 0.4) is 0 Å². The molecule has 0 aliphatic heterocycles. The van der Waals surface area contributed by atoms with E-state index in [1.54, 1.807) is 6.92 Å². The second kappa shape index (κ2) is 4.56. The Morgan fingerprint density at radius 1 is 1.67 bits per heavy atom. The van der Waals surface area contributed by atoms with Gasteiger partial charge in [0.15, 0.2) is 5.69 Å². The first-order valence-electron chi connectivity index (χ1n) is 4.16. The normalized spacial score (nSPS) is 12.1. The smallest absolute Gasteiger partial charge is 0.356 e. The maximum atomic E-state index is 11.3. The first-order valence-corrected chi connectivity index (χ1v) is 4.16. The highest BCUT2D eigenvalue weighted by atomic mass is 16.5. The number of carboxylic acid groups (broad SMARTS) is 1. The highest BCUT2D eigenvalue weighted by Crippen LogP contribution is 2.11. The topological polar surface area (TPSA) is 104 Å². The van der Waals surface area contributed by atoms with E-state index < -0.39 is 18.0 Å². The summed E-state index contributed by atoms with van der Waals surface area (Å²) in [4.78, 5) is 22.0. The first kappa shape index (κ1) is 11.2. The van der Waals surface area contributed by atoms with E-state index in [2.05, 4.69) is 15.5 Å². The number of carbonyl (C=O) groups is 2. The van der Waals surface area contributed by atoms with Crippen molar-refractivity contribution in [2.45, 2.75) is 13.0 Å². The molecule has 0 saturated heterocycles. The van der Waals surface area contributed by atoms with Crippen molar-refractivity contribution in [1.82, 2.24) is 10.2 Å². The Labute approximate surface area is 85.4 Å². The number of carboxylic acids is 1. The molecule has 1 amide bonds. The summed E-state index contributed by atoms with van der Waals surface area (Å²) in [6, 6.07) is 0. The largest absolute Gasteiger partial charge is 0.476 e. The molecule has 1 rings (SSSR count). The molecule has 0 bridgehead atoms. The van der Waals surface area contributed by atoms with Crippen LogP contribution in [-0.2, 0) is 9.53 Å². The van der Waals surface area contributed by atoms with Gasteiger partial charge in [-0.05, 0) is 6.92 Å². The lowest BCUT2D eigenvalue weighted by atomic mass is 10.3. The molecule has 1 heterocycles. The number of hydrogen-bond acceptors (Lipinski definition) is 4. The van der Waals surface area contributed by atoms with Crippen molar-refractivity contribution in [3.63, 3.8) is 0 Å². The Kier molecular flexibility index (Phi) is 3.40. The molecule has 0 radical (unpaired) electrons. The molecule has 0 spiro atoms. The third-order valence-electron chi connectivity index (χ3n) is 1.83. The first-order chi connectivity index (χ1) is 7.06. The van der Waals surface area contributed by atoms with E-state index in [0.717, 1.165) is 0 Å².